The number of aromatic amines is 1. The quantitative estimate of drug-likeness (QED) is 0.669. The van der Waals surface area contributed by atoms with Crippen molar-refractivity contribution in [2.45, 2.75) is 0 Å². The van der Waals surface area contributed by atoms with Gasteiger partial charge in [-0.3, -0.25) is 0 Å². The molecule has 2 nitrogen and oxygen atoms in total. The Bertz CT molecular complexity index is 777. The second-order valence-electron chi connectivity index (χ2n) is 4.57. The number of nitrogens with two attached hydrogens (primary N) is 1. The first kappa shape index (κ1) is 12.6. The third-order valence-corrected chi connectivity index (χ3v) is 3.56. The molecule has 3 heteroatoms. The van der Waals surface area contributed by atoms with Gasteiger partial charge in [-0.15, -0.1) is 0 Å². The summed E-state index contributed by atoms with van der Waals surface area (Å²) < 4.78 is 0.574. The maximum atomic E-state index is 6.13. The zero-order valence-electron chi connectivity index (χ0n) is 10.8. The third kappa shape index (κ3) is 2.36. The molecule has 20 heavy (non-hydrogen) atoms. The van der Waals surface area contributed by atoms with Gasteiger partial charge in [-0.25, -0.2) is 0 Å². The Morgan fingerprint density at radius 1 is 0.800 bits per heavy atom. The molecule has 0 unspecified atom stereocenters. The molecule has 0 saturated carbocycles. The van der Waals surface area contributed by atoms with Gasteiger partial charge in [0, 0.05) is 11.3 Å². The van der Waals surface area contributed by atoms with E-state index in [2.05, 4.69) is 11.1 Å². The monoisotopic (exact) mass is 278 g/mol. The fourth-order valence-electron chi connectivity index (χ4n) is 2.20. The molecule has 98 valence electrons. The van der Waals surface area contributed by atoms with E-state index in [1.54, 1.807) is 0 Å². The third-order valence-electron chi connectivity index (χ3n) is 3.24. The number of H-pyrrole nitrogens is 1. The summed E-state index contributed by atoms with van der Waals surface area (Å²) in [7, 11) is 0. The van der Waals surface area contributed by atoms with Gasteiger partial charge in [0.05, 0.1) is 5.69 Å². The van der Waals surface area contributed by atoms with Gasteiger partial charge >= 0.3 is 0 Å². The molecular formula is C17H14N2S. The van der Waals surface area contributed by atoms with Gasteiger partial charge in [0.2, 0.25) is 0 Å². The predicted molar refractivity (Wildman–Crippen MR) is 86.9 cm³/mol. The van der Waals surface area contributed by atoms with E-state index in [9.17, 15) is 0 Å². The Morgan fingerprint density at radius 3 is 1.95 bits per heavy atom. The number of hydrogen-bond acceptors (Lipinski definition) is 2. The van der Waals surface area contributed by atoms with Crippen LogP contribution in [0.2, 0.25) is 0 Å². The van der Waals surface area contributed by atoms with Crippen molar-refractivity contribution in [2.24, 2.45) is 0 Å². The van der Waals surface area contributed by atoms with E-state index in [1.165, 1.54) is 0 Å². The van der Waals surface area contributed by atoms with Crippen LogP contribution in [0.5, 0.6) is 0 Å². The minimum absolute atomic E-state index is 0.574. The fourth-order valence-corrected chi connectivity index (χ4v) is 2.42. The standard InChI is InChI=1S/C17H14N2S/c18-16-14(12-7-3-1-4-8-12)11-15(19-17(16)20)13-9-5-2-6-10-13/h1-11H,18H2,(H,19,20). The molecule has 0 amide bonds. The average Bonchev–Trinajstić information content (AvgIpc) is 2.51. The van der Waals surface area contributed by atoms with Crippen LogP contribution in [0.3, 0.4) is 0 Å². The average molecular weight is 278 g/mol. The number of benzene rings is 2. The summed E-state index contributed by atoms with van der Waals surface area (Å²) in [5, 5.41) is 0. The molecular weight excluding hydrogens is 264 g/mol. The van der Waals surface area contributed by atoms with E-state index in [0.717, 1.165) is 22.4 Å². The first-order chi connectivity index (χ1) is 9.75. The van der Waals surface area contributed by atoms with E-state index in [0.29, 0.717) is 10.3 Å². The maximum Gasteiger partial charge on any atom is 0.127 e. The minimum Gasteiger partial charge on any atom is -0.396 e. The SMILES string of the molecule is Nc1c(-c2ccccc2)cc(-c2ccccc2)[nH]c1=S. The minimum atomic E-state index is 0.574. The number of nitrogen functional groups attached to an aromatic ring is 1. The van der Waals surface area contributed by atoms with Crippen molar-refractivity contribution in [3.8, 4) is 22.4 Å². The molecule has 0 aliphatic heterocycles. The predicted octanol–water partition coefficient (Wildman–Crippen LogP) is 4.66. The zero-order valence-corrected chi connectivity index (χ0v) is 11.7. The van der Waals surface area contributed by atoms with Crippen molar-refractivity contribution >= 4 is 17.9 Å². The Hall–Kier alpha value is -2.39. The summed E-state index contributed by atoms with van der Waals surface area (Å²) in [5.41, 5.74) is 10.8. The molecule has 0 bridgehead atoms. The molecule has 3 rings (SSSR count). The largest absolute Gasteiger partial charge is 0.396 e. The van der Waals surface area contributed by atoms with Gasteiger partial charge in [-0.05, 0) is 17.2 Å². The van der Waals surface area contributed by atoms with E-state index >= 15 is 0 Å². The summed E-state index contributed by atoms with van der Waals surface area (Å²) in [6.07, 6.45) is 0. The molecule has 1 heterocycles. The lowest BCUT2D eigenvalue weighted by Crippen LogP contribution is -1.95. The Kier molecular flexibility index (Phi) is 3.35. The molecule has 1 aromatic heterocycles. The van der Waals surface area contributed by atoms with E-state index in [4.69, 9.17) is 18.0 Å². The van der Waals surface area contributed by atoms with Crippen LogP contribution in [0.15, 0.2) is 66.7 Å². The van der Waals surface area contributed by atoms with Crippen LogP contribution in [0, 0.1) is 4.64 Å². The zero-order chi connectivity index (χ0) is 13.9. The fraction of sp³-hybridized carbons (Fsp3) is 0. The van der Waals surface area contributed by atoms with Gasteiger partial charge in [0.1, 0.15) is 4.64 Å². The maximum absolute atomic E-state index is 6.13. The van der Waals surface area contributed by atoms with E-state index < -0.39 is 0 Å². The Morgan fingerprint density at radius 2 is 1.35 bits per heavy atom. The summed E-state index contributed by atoms with van der Waals surface area (Å²) in [5.74, 6) is 0. The van der Waals surface area contributed by atoms with Crippen LogP contribution in [0.4, 0.5) is 5.69 Å². The summed E-state index contributed by atoms with van der Waals surface area (Å²) in [4.78, 5) is 3.19. The molecule has 0 radical (unpaired) electrons. The molecule has 2 aromatic carbocycles. The molecule has 3 aromatic rings. The first-order valence-electron chi connectivity index (χ1n) is 6.39. The smallest absolute Gasteiger partial charge is 0.127 e. The number of aromatic nitrogens is 1. The molecule has 0 spiro atoms. The van der Waals surface area contributed by atoms with Gasteiger partial charge in [0.15, 0.2) is 0 Å². The van der Waals surface area contributed by atoms with Crippen molar-refractivity contribution < 1.29 is 0 Å². The molecule has 0 atom stereocenters. The lowest BCUT2D eigenvalue weighted by atomic mass is 10.0. The van der Waals surface area contributed by atoms with Gasteiger partial charge in [0.25, 0.3) is 0 Å². The van der Waals surface area contributed by atoms with Crippen molar-refractivity contribution in [1.82, 2.24) is 4.98 Å². The molecule has 0 aliphatic rings. The molecule has 0 aliphatic carbocycles. The van der Waals surface area contributed by atoms with Gasteiger partial charge < -0.3 is 10.7 Å². The highest BCUT2D eigenvalue weighted by molar-refractivity contribution is 7.71. The van der Waals surface area contributed by atoms with Crippen LogP contribution < -0.4 is 5.73 Å². The molecule has 3 N–H and O–H groups in total. The summed E-state index contributed by atoms with van der Waals surface area (Å²) in [6.45, 7) is 0. The normalized spacial score (nSPS) is 10.4. The topological polar surface area (TPSA) is 41.8 Å². The van der Waals surface area contributed by atoms with Crippen LogP contribution in [0.1, 0.15) is 0 Å². The first-order valence-corrected chi connectivity index (χ1v) is 6.80. The summed E-state index contributed by atoms with van der Waals surface area (Å²) >= 11 is 5.35. The molecule has 0 fully saturated rings. The van der Waals surface area contributed by atoms with Gasteiger partial charge in [-0.1, -0.05) is 72.9 Å². The Balaban J connectivity index is 2.22. The second kappa shape index (κ2) is 5.31. The summed E-state index contributed by atoms with van der Waals surface area (Å²) in [6, 6.07) is 22.2. The van der Waals surface area contributed by atoms with Crippen molar-refractivity contribution in [1.29, 1.82) is 0 Å². The van der Waals surface area contributed by atoms with Crippen molar-refractivity contribution in [2.75, 3.05) is 5.73 Å². The number of hydrogen-bond donors (Lipinski definition) is 2. The number of nitrogens with one attached hydrogen (secondary N) is 1. The lowest BCUT2D eigenvalue weighted by Gasteiger charge is -2.10. The Labute approximate surface area is 122 Å². The van der Waals surface area contributed by atoms with Gasteiger partial charge in [-0.2, -0.15) is 0 Å². The second-order valence-corrected chi connectivity index (χ2v) is 4.98. The molecule has 0 saturated heterocycles. The van der Waals surface area contributed by atoms with E-state index in [1.807, 2.05) is 60.7 Å². The van der Waals surface area contributed by atoms with Crippen LogP contribution in [-0.4, -0.2) is 4.98 Å². The highest BCUT2D eigenvalue weighted by Crippen LogP contribution is 2.30. The van der Waals surface area contributed by atoms with Crippen LogP contribution >= 0.6 is 12.2 Å². The number of anilines is 1. The highest BCUT2D eigenvalue weighted by Gasteiger charge is 2.07. The highest BCUT2D eigenvalue weighted by atomic mass is 32.1. The van der Waals surface area contributed by atoms with Crippen LogP contribution in [0.25, 0.3) is 22.4 Å². The van der Waals surface area contributed by atoms with E-state index in [-0.39, 0.29) is 0 Å². The number of rotatable bonds is 2. The van der Waals surface area contributed by atoms with Crippen molar-refractivity contribution in [3.63, 3.8) is 0 Å². The lowest BCUT2D eigenvalue weighted by molar-refractivity contribution is 1.30. The number of pyridine rings is 1. The van der Waals surface area contributed by atoms with Crippen LogP contribution in [-0.2, 0) is 0 Å². The van der Waals surface area contributed by atoms with Crippen molar-refractivity contribution in [3.05, 3.63) is 71.4 Å².